The van der Waals surface area contributed by atoms with Gasteiger partial charge in [0.25, 0.3) is 0 Å². The van der Waals surface area contributed by atoms with Crippen LogP contribution in [-0.2, 0) is 7.05 Å². The molecule has 0 spiro atoms. The Labute approximate surface area is 109 Å². The van der Waals surface area contributed by atoms with Gasteiger partial charge in [0.15, 0.2) is 0 Å². The van der Waals surface area contributed by atoms with Crippen LogP contribution in [0.2, 0.25) is 0 Å². The van der Waals surface area contributed by atoms with Crippen molar-refractivity contribution in [3.8, 4) is 0 Å². The topological polar surface area (TPSA) is 85.3 Å². The molecule has 0 amide bonds. The minimum Gasteiger partial charge on any atom is -0.258 e. The summed E-state index contributed by atoms with van der Waals surface area (Å²) in [5.41, 5.74) is 3.85. The molecule has 0 saturated carbocycles. The smallest absolute Gasteiger partial charge is 0.258 e. The number of benzene rings is 1. The largest absolute Gasteiger partial charge is 0.335 e. The minimum atomic E-state index is -0.470. The fraction of sp³-hybridized carbons (Fsp3) is 0.167. The highest BCUT2D eigenvalue weighted by Crippen LogP contribution is 2.26. The van der Waals surface area contributed by atoms with E-state index in [1.165, 1.54) is 4.68 Å². The third kappa shape index (κ3) is 2.76. The molecule has 0 fully saturated rings. The highest BCUT2D eigenvalue weighted by atomic mass is 16.6. The maximum atomic E-state index is 10.9. The van der Waals surface area contributed by atoms with Crippen molar-refractivity contribution < 1.29 is 4.92 Å². The lowest BCUT2D eigenvalue weighted by Gasteiger charge is -1.99. The van der Waals surface area contributed by atoms with Crippen LogP contribution in [0.25, 0.3) is 0 Å². The van der Waals surface area contributed by atoms with Crippen molar-refractivity contribution in [1.29, 1.82) is 0 Å². The maximum absolute atomic E-state index is 10.9. The molecule has 7 heteroatoms. The molecule has 0 radical (unpaired) electrons. The predicted molar refractivity (Wildman–Crippen MR) is 72.3 cm³/mol. The monoisotopic (exact) mass is 259 g/mol. The van der Waals surface area contributed by atoms with Gasteiger partial charge >= 0.3 is 5.69 Å². The van der Waals surface area contributed by atoms with Gasteiger partial charge in [-0.3, -0.25) is 15.5 Å². The number of hydrogen-bond donors (Lipinski definition) is 1. The highest BCUT2D eigenvalue weighted by Gasteiger charge is 2.23. The maximum Gasteiger partial charge on any atom is 0.335 e. The van der Waals surface area contributed by atoms with E-state index in [-0.39, 0.29) is 11.5 Å². The Kier molecular flexibility index (Phi) is 3.56. The second kappa shape index (κ2) is 5.30. The molecule has 0 aliphatic heterocycles. The molecule has 1 aromatic carbocycles. The molecule has 1 aromatic heterocycles. The lowest BCUT2D eigenvalue weighted by atomic mass is 10.2. The number of anilines is 1. The second-order valence-electron chi connectivity index (χ2n) is 3.94. The predicted octanol–water partition coefficient (Wildman–Crippen LogP) is 2.08. The number of hydrazone groups is 1. The summed E-state index contributed by atoms with van der Waals surface area (Å²) in [6.45, 7) is 1.59. The summed E-state index contributed by atoms with van der Waals surface area (Å²) in [5.74, 6) is 0.259. The zero-order chi connectivity index (χ0) is 13.8. The van der Waals surface area contributed by atoms with E-state index >= 15 is 0 Å². The first-order chi connectivity index (χ1) is 9.09. The van der Waals surface area contributed by atoms with E-state index in [9.17, 15) is 10.1 Å². The molecule has 0 aliphatic carbocycles. The van der Waals surface area contributed by atoms with Gasteiger partial charge in [-0.15, -0.1) is 0 Å². The van der Waals surface area contributed by atoms with Crippen molar-refractivity contribution in [3.63, 3.8) is 0 Å². The Bertz CT molecular complexity index is 619. The third-order valence-corrected chi connectivity index (χ3v) is 2.56. The Morgan fingerprint density at radius 1 is 1.42 bits per heavy atom. The molecule has 0 atom stereocenters. The van der Waals surface area contributed by atoms with Crippen molar-refractivity contribution in [2.45, 2.75) is 6.92 Å². The zero-order valence-electron chi connectivity index (χ0n) is 10.6. The summed E-state index contributed by atoms with van der Waals surface area (Å²) in [6, 6.07) is 9.44. The van der Waals surface area contributed by atoms with E-state index in [0.717, 1.165) is 5.56 Å². The molecular formula is C12H13N5O2. The Morgan fingerprint density at radius 2 is 2.11 bits per heavy atom. The Balaban J connectivity index is 2.20. The fourth-order valence-corrected chi connectivity index (χ4v) is 1.70. The molecule has 0 bridgehead atoms. The number of nitrogens with zero attached hydrogens (tertiary/aromatic N) is 4. The average molecular weight is 259 g/mol. The van der Waals surface area contributed by atoms with Crippen LogP contribution in [0.4, 0.5) is 11.5 Å². The summed E-state index contributed by atoms with van der Waals surface area (Å²) in [6.07, 6.45) is 1.59. The summed E-state index contributed by atoms with van der Waals surface area (Å²) in [4.78, 5) is 10.5. The molecule has 7 nitrogen and oxygen atoms in total. The third-order valence-electron chi connectivity index (χ3n) is 2.56. The summed E-state index contributed by atoms with van der Waals surface area (Å²) in [7, 11) is 1.63. The standard InChI is InChI=1S/C12H13N5O2/c1-9-11(17(18)19)12(16(2)15-9)14-13-8-10-6-4-3-5-7-10/h3-8,14H,1-2H3/b13-8-. The zero-order valence-corrected chi connectivity index (χ0v) is 10.6. The second-order valence-corrected chi connectivity index (χ2v) is 3.94. The van der Waals surface area contributed by atoms with Crippen LogP contribution < -0.4 is 5.43 Å². The van der Waals surface area contributed by atoms with Crippen molar-refractivity contribution >= 4 is 17.7 Å². The number of aromatic nitrogens is 2. The van der Waals surface area contributed by atoms with Crippen LogP contribution in [0, 0.1) is 17.0 Å². The number of nitrogens with one attached hydrogen (secondary N) is 1. The molecular weight excluding hydrogens is 246 g/mol. The van der Waals surface area contributed by atoms with Crippen molar-refractivity contribution in [2.75, 3.05) is 5.43 Å². The number of hydrogen-bond acceptors (Lipinski definition) is 5. The first-order valence-corrected chi connectivity index (χ1v) is 5.61. The van der Waals surface area contributed by atoms with Gasteiger partial charge in [-0.25, -0.2) is 4.68 Å². The molecule has 98 valence electrons. The van der Waals surface area contributed by atoms with Gasteiger partial charge in [-0.2, -0.15) is 10.2 Å². The first-order valence-electron chi connectivity index (χ1n) is 5.61. The number of nitro groups is 1. The van der Waals surface area contributed by atoms with Crippen LogP contribution in [-0.4, -0.2) is 20.9 Å². The van der Waals surface area contributed by atoms with E-state index < -0.39 is 4.92 Å². The number of aryl methyl sites for hydroxylation is 2. The molecule has 2 rings (SSSR count). The fourth-order valence-electron chi connectivity index (χ4n) is 1.70. The SMILES string of the molecule is Cc1nn(C)c(N/N=C\c2ccccc2)c1[N+](=O)[O-]. The van der Waals surface area contributed by atoms with Gasteiger partial charge < -0.3 is 0 Å². The van der Waals surface area contributed by atoms with Crippen LogP contribution in [0.5, 0.6) is 0 Å². The van der Waals surface area contributed by atoms with E-state index in [0.29, 0.717) is 5.69 Å². The molecule has 0 unspecified atom stereocenters. The lowest BCUT2D eigenvalue weighted by Crippen LogP contribution is -2.01. The molecule has 19 heavy (non-hydrogen) atoms. The summed E-state index contributed by atoms with van der Waals surface area (Å²) >= 11 is 0. The Hall–Kier alpha value is -2.70. The van der Waals surface area contributed by atoms with Crippen LogP contribution in [0.1, 0.15) is 11.3 Å². The van der Waals surface area contributed by atoms with E-state index in [2.05, 4.69) is 15.6 Å². The quantitative estimate of drug-likeness (QED) is 0.517. The number of rotatable bonds is 4. The highest BCUT2D eigenvalue weighted by molar-refractivity contribution is 5.80. The molecule has 2 aromatic rings. The molecule has 1 heterocycles. The first kappa shape index (κ1) is 12.7. The van der Waals surface area contributed by atoms with Gasteiger partial charge in [-0.05, 0) is 12.5 Å². The minimum absolute atomic E-state index is 0.0623. The molecule has 0 saturated heterocycles. The van der Waals surface area contributed by atoms with Crippen molar-refractivity contribution in [3.05, 3.63) is 51.7 Å². The summed E-state index contributed by atoms with van der Waals surface area (Å²) in [5, 5.41) is 18.9. The molecule has 0 aliphatic rings. The van der Waals surface area contributed by atoms with Gasteiger partial charge in [0.1, 0.15) is 5.69 Å². The van der Waals surface area contributed by atoms with Gasteiger partial charge in [0.2, 0.25) is 5.82 Å². The normalized spacial score (nSPS) is 10.8. The van der Waals surface area contributed by atoms with Gasteiger partial charge in [0.05, 0.1) is 11.1 Å². The van der Waals surface area contributed by atoms with Crippen LogP contribution >= 0.6 is 0 Å². The van der Waals surface area contributed by atoms with E-state index in [1.807, 2.05) is 30.3 Å². The van der Waals surface area contributed by atoms with E-state index in [4.69, 9.17) is 0 Å². The Morgan fingerprint density at radius 3 is 2.74 bits per heavy atom. The van der Waals surface area contributed by atoms with Gasteiger partial charge in [-0.1, -0.05) is 30.3 Å². The van der Waals surface area contributed by atoms with Crippen LogP contribution in [0.15, 0.2) is 35.4 Å². The van der Waals surface area contributed by atoms with Crippen molar-refractivity contribution in [1.82, 2.24) is 9.78 Å². The average Bonchev–Trinajstić information content (AvgIpc) is 2.65. The van der Waals surface area contributed by atoms with Gasteiger partial charge in [0, 0.05) is 7.05 Å². The lowest BCUT2D eigenvalue weighted by molar-refractivity contribution is -0.384. The van der Waals surface area contributed by atoms with E-state index in [1.54, 1.807) is 20.2 Å². The van der Waals surface area contributed by atoms with Crippen LogP contribution in [0.3, 0.4) is 0 Å². The molecule has 1 N–H and O–H groups in total. The summed E-state index contributed by atoms with van der Waals surface area (Å²) < 4.78 is 1.40. The van der Waals surface area contributed by atoms with Crippen molar-refractivity contribution in [2.24, 2.45) is 12.1 Å².